The largest absolute Gasteiger partial charge is 0.403 e. The van der Waals surface area contributed by atoms with Gasteiger partial charge in [-0.25, -0.2) is 4.98 Å². The van der Waals surface area contributed by atoms with Crippen LogP contribution in [0.3, 0.4) is 0 Å². The van der Waals surface area contributed by atoms with E-state index in [-0.39, 0.29) is 24.0 Å². The first-order valence-electron chi connectivity index (χ1n) is 8.54. The summed E-state index contributed by atoms with van der Waals surface area (Å²) in [6, 6.07) is -1.40. The highest BCUT2D eigenvalue weighted by molar-refractivity contribution is 14.0. The van der Waals surface area contributed by atoms with E-state index >= 15 is 0 Å². The molecule has 0 spiro atoms. The molecule has 0 saturated carbocycles. The average molecular weight is 505 g/mol. The molecule has 0 aromatic carbocycles. The van der Waals surface area contributed by atoms with E-state index in [4.69, 9.17) is 0 Å². The Labute approximate surface area is 174 Å². The van der Waals surface area contributed by atoms with Gasteiger partial charge in [-0.1, -0.05) is 6.92 Å². The molecule has 5 nitrogen and oxygen atoms in total. The van der Waals surface area contributed by atoms with Gasteiger partial charge in [0.15, 0.2) is 5.96 Å². The third kappa shape index (κ3) is 6.52. The molecule has 1 unspecified atom stereocenters. The summed E-state index contributed by atoms with van der Waals surface area (Å²) >= 11 is 1.67. The maximum Gasteiger partial charge on any atom is 0.403 e. The highest BCUT2D eigenvalue weighted by Crippen LogP contribution is 2.25. The van der Waals surface area contributed by atoms with E-state index in [1.54, 1.807) is 18.4 Å². The number of guanidine groups is 1. The highest BCUT2D eigenvalue weighted by atomic mass is 127. The molecule has 1 aromatic heterocycles. The van der Waals surface area contributed by atoms with Gasteiger partial charge in [-0.3, -0.25) is 9.89 Å². The summed E-state index contributed by atoms with van der Waals surface area (Å²) in [5.74, 6) is 0.741. The van der Waals surface area contributed by atoms with Crippen molar-refractivity contribution < 1.29 is 13.2 Å². The van der Waals surface area contributed by atoms with Gasteiger partial charge in [0.2, 0.25) is 0 Å². The molecular weight excluding hydrogens is 478 g/mol. The number of nitrogens with zero attached hydrogens (tertiary/aromatic N) is 4. The third-order valence-corrected chi connectivity index (χ3v) is 5.46. The van der Waals surface area contributed by atoms with Crippen molar-refractivity contribution in [3.05, 3.63) is 16.1 Å². The quantitative estimate of drug-likeness (QED) is 0.380. The van der Waals surface area contributed by atoms with Crippen molar-refractivity contribution in [2.24, 2.45) is 4.99 Å². The first-order valence-corrected chi connectivity index (χ1v) is 9.42. The topological polar surface area (TPSA) is 43.8 Å². The lowest BCUT2D eigenvalue weighted by molar-refractivity contribution is -0.181. The summed E-state index contributed by atoms with van der Waals surface area (Å²) < 4.78 is 38.4. The van der Waals surface area contributed by atoms with Crippen LogP contribution in [0.1, 0.15) is 24.5 Å². The molecule has 1 aromatic rings. The second-order valence-corrected chi connectivity index (χ2v) is 6.99. The zero-order chi connectivity index (χ0) is 18.4. The first-order chi connectivity index (χ1) is 11.8. The molecule has 0 bridgehead atoms. The minimum absolute atomic E-state index is 0. The fraction of sp³-hybridized carbons (Fsp3) is 0.750. The molecule has 2 rings (SSSR count). The van der Waals surface area contributed by atoms with Crippen LogP contribution in [0.2, 0.25) is 0 Å². The predicted octanol–water partition coefficient (Wildman–Crippen LogP) is 3.01. The van der Waals surface area contributed by atoms with Crippen molar-refractivity contribution >= 4 is 41.3 Å². The summed E-state index contributed by atoms with van der Waals surface area (Å²) in [4.78, 5) is 12.3. The Morgan fingerprint density at radius 3 is 2.50 bits per heavy atom. The number of aliphatic imine (C=N–C) groups is 1. The molecule has 10 heteroatoms. The number of nitrogens with one attached hydrogen (secondary N) is 1. The van der Waals surface area contributed by atoms with Crippen molar-refractivity contribution in [3.63, 3.8) is 0 Å². The number of alkyl halides is 3. The molecule has 1 N–H and O–H groups in total. The number of rotatable bonds is 5. The Balaban J connectivity index is 0.00000338. The monoisotopic (exact) mass is 505 g/mol. The summed E-state index contributed by atoms with van der Waals surface area (Å²) in [7, 11) is 1.70. The van der Waals surface area contributed by atoms with Gasteiger partial charge in [-0.15, -0.1) is 35.3 Å². The van der Waals surface area contributed by atoms with Crippen LogP contribution in [0.5, 0.6) is 0 Å². The second-order valence-electron chi connectivity index (χ2n) is 6.05. The lowest BCUT2D eigenvalue weighted by Crippen LogP contribution is -2.56. The number of piperazine rings is 1. The van der Waals surface area contributed by atoms with Crippen LogP contribution in [0.15, 0.2) is 10.4 Å². The van der Waals surface area contributed by atoms with Crippen LogP contribution in [0, 0.1) is 0 Å². The number of hydrogen-bond donors (Lipinski definition) is 1. The van der Waals surface area contributed by atoms with Gasteiger partial charge >= 0.3 is 6.18 Å². The van der Waals surface area contributed by atoms with Crippen molar-refractivity contribution in [1.82, 2.24) is 20.1 Å². The lowest BCUT2D eigenvalue weighted by Gasteiger charge is -2.39. The van der Waals surface area contributed by atoms with Gasteiger partial charge in [0.05, 0.1) is 10.7 Å². The van der Waals surface area contributed by atoms with Crippen molar-refractivity contribution in [1.29, 1.82) is 0 Å². The minimum Gasteiger partial charge on any atom is -0.356 e. The Kier molecular flexibility index (Phi) is 9.59. The number of hydrogen-bond acceptors (Lipinski definition) is 4. The van der Waals surface area contributed by atoms with Gasteiger partial charge in [0.25, 0.3) is 0 Å². The molecule has 1 saturated heterocycles. The molecule has 150 valence electrons. The normalized spacial score (nSPS) is 17.8. The molecule has 0 radical (unpaired) electrons. The van der Waals surface area contributed by atoms with Crippen molar-refractivity contribution in [3.8, 4) is 0 Å². The molecule has 1 atom stereocenters. The molecule has 1 aliphatic rings. The van der Waals surface area contributed by atoms with Crippen LogP contribution in [0.4, 0.5) is 13.2 Å². The van der Waals surface area contributed by atoms with E-state index < -0.39 is 12.2 Å². The third-order valence-electron chi connectivity index (χ3n) is 4.41. The number of aromatic nitrogens is 1. The SMILES string of the molecule is CCc1nc(CCNC(=NC)N2CCN(C(C)C(F)(F)F)CC2)cs1.I. The van der Waals surface area contributed by atoms with E-state index in [0.29, 0.717) is 32.7 Å². The van der Waals surface area contributed by atoms with Gasteiger partial charge in [0, 0.05) is 51.6 Å². The van der Waals surface area contributed by atoms with Gasteiger partial charge < -0.3 is 10.2 Å². The number of aryl methyl sites for hydroxylation is 1. The maximum absolute atomic E-state index is 12.8. The number of thiazole rings is 1. The smallest absolute Gasteiger partial charge is 0.356 e. The first kappa shape index (κ1) is 23.4. The van der Waals surface area contributed by atoms with E-state index in [1.165, 1.54) is 11.8 Å². The van der Waals surface area contributed by atoms with E-state index in [1.807, 2.05) is 4.90 Å². The Hall–Kier alpha value is -0.620. The van der Waals surface area contributed by atoms with Crippen LogP contribution in [-0.4, -0.2) is 72.7 Å². The van der Waals surface area contributed by atoms with Gasteiger partial charge in [0.1, 0.15) is 6.04 Å². The molecular formula is C16H27F3IN5S. The molecule has 1 fully saturated rings. The fourth-order valence-corrected chi connectivity index (χ4v) is 3.57. The van der Waals surface area contributed by atoms with Crippen LogP contribution in [-0.2, 0) is 12.8 Å². The highest BCUT2D eigenvalue weighted by Gasteiger charge is 2.41. The van der Waals surface area contributed by atoms with Crippen LogP contribution < -0.4 is 5.32 Å². The van der Waals surface area contributed by atoms with Crippen LogP contribution in [0.25, 0.3) is 0 Å². The average Bonchev–Trinajstić information content (AvgIpc) is 3.05. The van der Waals surface area contributed by atoms with E-state index in [2.05, 4.69) is 27.6 Å². The molecule has 0 amide bonds. The second kappa shape index (κ2) is 10.6. The standard InChI is InChI=1S/C16H26F3N5S.HI/c1-4-14-22-13(11-25-14)5-6-21-15(20-3)24-9-7-23(8-10-24)12(2)16(17,18)19;/h11-12H,4-10H2,1-3H3,(H,20,21);1H. The minimum atomic E-state index is -4.17. The van der Waals surface area contributed by atoms with Crippen LogP contribution >= 0.6 is 35.3 Å². The van der Waals surface area contributed by atoms with Gasteiger partial charge in [-0.2, -0.15) is 13.2 Å². The van der Waals surface area contributed by atoms with Gasteiger partial charge in [-0.05, 0) is 13.3 Å². The Morgan fingerprint density at radius 2 is 2.00 bits per heavy atom. The predicted molar refractivity (Wildman–Crippen MR) is 111 cm³/mol. The maximum atomic E-state index is 12.8. The number of halogens is 4. The van der Waals surface area contributed by atoms with Crippen molar-refractivity contribution in [2.75, 3.05) is 39.8 Å². The zero-order valence-electron chi connectivity index (χ0n) is 15.3. The Bertz CT molecular complexity index is 570. The van der Waals surface area contributed by atoms with E-state index in [0.717, 1.165) is 29.5 Å². The zero-order valence-corrected chi connectivity index (χ0v) is 18.5. The summed E-state index contributed by atoms with van der Waals surface area (Å²) in [6.07, 6.45) is -2.42. The molecule has 0 aliphatic carbocycles. The fourth-order valence-electron chi connectivity index (χ4n) is 2.79. The molecule has 2 heterocycles. The summed E-state index contributed by atoms with van der Waals surface area (Å²) in [5.41, 5.74) is 1.06. The molecule has 1 aliphatic heterocycles. The van der Waals surface area contributed by atoms with E-state index in [9.17, 15) is 13.2 Å². The lowest BCUT2D eigenvalue weighted by atomic mass is 10.2. The summed E-state index contributed by atoms with van der Waals surface area (Å²) in [5, 5.41) is 6.49. The summed E-state index contributed by atoms with van der Waals surface area (Å²) in [6.45, 7) is 5.86. The molecule has 26 heavy (non-hydrogen) atoms. The van der Waals surface area contributed by atoms with Crippen molar-refractivity contribution in [2.45, 2.75) is 38.9 Å². The Morgan fingerprint density at radius 1 is 1.35 bits per heavy atom.